The van der Waals surface area contributed by atoms with Gasteiger partial charge in [-0.15, -0.1) is 0 Å². The van der Waals surface area contributed by atoms with Crippen molar-refractivity contribution >= 4 is 12.0 Å². The number of hydrogen-bond donors (Lipinski definition) is 3. The number of carbonyl (C=O) groups is 1. The molecule has 4 nitrogen and oxygen atoms in total. The molecular formula is C12H15NO3. The molecule has 0 spiro atoms. The maximum absolute atomic E-state index is 11.2. The molecule has 1 aromatic carbocycles. The van der Waals surface area contributed by atoms with Crippen molar-refractivity contribution in [2.24, 2.45) is 0 Å². The van der Waals surface area contributed by atoms with Crippen LogP contribution in [0.15, 0.2) is 24.3 Å². The Morgan fingerprint density at radius 1 is 1.38 bits per heavy atom. The summed E-state index contributed by atoms with van der Waals surface area (Å²) >= 11 is 0. The van der Waals surface area contributed by atoms with Crippen LogP contribution in [0.2, 0.25) is 0 Å². The minimum atomic E-state index is -0.198. The van der Waals surface area contributed by atoms with Crippen LogP contribution in [-0.4, -0.2) is 22.7 Å². The molecule has 1 aromatic rings. The number of benzene rings is 1. The molecule has 0 saturated carbocycles. The average Bonchev–Trinajstić information content (AvgIpc) is 2.28. The summed E-state index contributed by atoms with van der Waals surface area (Å²) in [6.45, 7) is 2.62. The summed E-state index contributed by atoms with van der Waals surface area (Å²) in [5.41, 5.74) is 0.655. The highest BCUT2D eigenvalue weighted by atomic mass is 16.3. The Balaban J connectivity index is 2.62. The second-order valence-corrected chi connectivity index (χ2v) is 3.37. The van der Waals surface area contributed by atoms with Crippen LogP contribution in [0, 0.1) is 0 Å². The summed E-state index contributed by atoms with van der Waals surface area (Å²) in [5, 5.41) is 21.0. The Kier molecular flexibility index (Phi) is 4.39. The standard InChI is InChI=1S/C12H15NO3/c1-2-7-13-12(16)6-4-9-3-5-10(14)11(15)8-9/h3-6,8,14-15H,2,7H2,1H3,(H,13,16)/b6-4+. The second-order valence-electron chi connectivity index (χ2n) is 3.37. The van der Waals surface area contributed by atoms with Gasteiger partial charge in [-0.25, -0.2) is 0 Å². The molecule has 1 rings (SSSR count). The van der Waals surface area contributed by atoms with E-state index in [1.165, 1.54) is 18.2 Å². The molecule has 1 amide bonds. The number of amides is 1. The first-order valence-electron chi connectivity index (χ1n) is 5.11. The van der Waals surface area contributed by atoms with Crippen LogP contribution < -0.4 is 5.32 Å². The highest BCUT2D eigenvalue weighted by Gasteiger charge is 1.98. The third-order valence-corrected chi connectivity index (χ3v) is 1.98. The van der Waals surface area contributed by atoms with Gasteiger partial charge in [0.25, 0.3) is 0 Å². The van der Waals surface area contributed by atoms with E-state index in [2.05, 4.69) is 5.32 Å². The summed E-state index contributed by atoms with van der Waals surface area (Å²) in [6.07, 6.45) is 3.85. The zero-order valence-corrected chi connectivity index (χ0v) is 9.10. The first-order chi connectivity index (χ1) is 7.63. The molecule has 0 aliphatic carbocycles. The van der Waals surface area contributed by atoms with Gasteiger partial charge >= 0.3 is 0 Å². The van der Waals surface area contributed by atoms with Crippen LogP contribution >= 0.6 is 0 Å². The van der Waals surface area contributed by atoms with Gasteiger partial charge < -0.3 is 15.5 Å². The molecule has 0 fully saturated rings. The lowest BCUT2D eigenvalue weighted by atomic mass is 10.2. The van der Waals surface area contributed by atoms with Gasteiger partial charge in [0.2, 0.25) is 5.91 Å². The lowest BCUT2D eigenvalue weighted by molar-refractivity contribution is -0.116. The van der Waals surface area contributed by atoms with Gasteiger partial charge in [-0.2, -0.15) is 0 Å². The summed E-state index contributed by atoms with van der Waals surface area (Å²) in [5.74, 6) is -0.543. The van der Waals surface area contributed by atoms with Gasteiger partial charge in [-0.05, 0) is 30.2 Å². The number of hydrogen-bond acceptors (Lipinski definition) is 3. The van der Waals surface area contributed by atoms with Crippen LogP contribution in [0.3, 0.4) is 0 Å². The molecule has 0 atom stereocenters. The van der Waals surface area contributed by atoms with E-state index in [0.29, 0.717) is 12.1 Å². The monoisotopic (exact) mass is 221 g/mol. The van der Waals surface area contributed by atoms with Crippen LogP contribution in [0.5, 0.6) is 11.5 Å². The van der Waals surface area contributed by atoms with Crippen LogP contribution in [-0.2, 0) is 4.79 Å². The molecule has 16 heavy (non-hydrogen) atoms. The van der Waals surface area contributed by atoms with E-state index in [9.17, 15) is 9.90 Å². The molecule has 4 heteroatoms. The molecule has 0 saturated heterocycles. The van der Waals surface area contributed by atoms with Crippen LogP contribution in [0.1, 0.15) is 18.9 Å². The topological polar surface area (TPSA) is 69.6 Å². The lowest BCUT2D eigenvalue weighted by Gasteiger charge is -1.99. The SMILES string of the molecule is CCCNC(=O)/C=C/c1ccc(O)c(O)c1. The molecule has 0 bridgehead atoms. The largest absolute Gasteiger partial charge is 0.504 e. The van der Waals surface area contributed by atoms with E-state index in [4.69, 9.17) is 5.11 Å². The quantitative estimate of drug-likeness (QED) is 0.534. The maximum atomic E-state index is 11.2. The molecule has 86 valence electrons. The van der Waals surface area contributed by atoms with Crippen molar-refractivity contribution in [1.82, 2.24) is 5.32 Å². The van der Waals surface area contributed by atoms with E-state index < -0.39 is 0 Å². The fourth-order valence-corrected chi connectivity index (χ4v) is 1.12. The Morgan fingerprint density at radius 2 is 2.12 bits per heavy atom. The van der Waals surface area contributed by atoms with Crippen molar-refractivity contribution in [3.63, 3.8) is 0 Å². The highest BCUT2D eigenvalue weighted by Crippen LogP contribution is 2.25. The minimum Gasteiger partial charge on any atom is -0.504 e. The predicted octanol–water partition coefficient (Wildman–Crippen LogP) is 1.64. The molecule has 0 heterocycles. The van der Waals surface area contributed by atoms with E-state index >= 15 is 0 Å². The average molecular weight is 221 g/mol. The smallest absolute Gasteiger partial charge is 0.243 e. The van der Waals surface area contributed by atoms with Crippen LogP contribution in [0.25, 0.3) is 6.08 Å². The van der Waals surface area contributed by atoms with Gasteiger partial charge in [-0.1, -0.05) is 13.0 Å². The first kappa shape index (κ1) is 12.1. The molecule has 0 radical (unpaired) electrons. The first-order valence-corrected chi connectivity index (χ1v) is 5.11. The normalized spacial score (nSPS) is 10.6. The number of rotatable bonds is 4. The number of phenolic OH excluding ortho intramolecular Hbond substituents is 2. The number of carbonyl (C=O) groups excluding carboxylic acids is 1. The molecule has 0 aromatic heterocycles. The minimum absolute atomic E-state index is 0.172. The van der Waals surface area contributed by atoms with Crippen molar-refractivity contribution in [3.8, 4) is 11.5 Å². The molecule has 0 aliphatic rings. The van der Waals surface area contributed by atoms with E-state index in [-0.39, 0.29) is 17.4 Å². The van der Waals surface area contributed by atoms with Crippen molar-refractivity contribution in [3.05, 3.63) is 29.8 Å². The van der Waals surface area contributed by atoms with E-state index in [1.807, 2.05) is 6.92 Å². The Hall–Kier alpha value is -1.97. The summed E-state index contributed by atoms with van der Waals surface area (Å²) in [4.78, 5) is 11.2. The summed E-state index contributed by atoms with van der Waals surface area (Å²) in [6, 6.07) is 4.37. The third-order valence-electron chi connectivity index (χ3n) is 1.98. The van der Waals surface area contributed by atoms with Gasteiger partial charge in [0.15, 0.2) is 11.5 Å². The Bertz CT molecular complexity index is 399. The number of phenols is 2. The van der Waals surface area contributed by atoms with E-state index in [0.717, 1.165) is 6.42 Å². The zero-order chi connectivity index (χ0) is 12.0. The summed E-state index contributed by atoms with van der Waals surface area (Å²) < 4.78 is 0. The van der Waals surface area contributed by atoms with Gasteiger partial charge in [0.05, 0.1) is 0 Å². The van der Waals surface area contributed by atoms with Crippen molar-refractivity contribution in [1.29, 1.82) is 0 Å². The van der Waals surface area contributed by atoms with Crippen LogP contribution in [0.4, 0.5) is 0 Å². The second kappa shape index (κ2) is 5.80. The van der Waals surface area contributed by atoms with Crippen molar-refractivity contribution in [2.45, 2.75) is 13.3 Å². The van der Waals surface area contributed by atoms with Gasteiger partial charge in [-0.3, -0.25) is 4.79 Å². The molecule has 0 aliphatic heterocycles. The predicted molar refractivity (Wildman–Crippen MR) is 62.1 cm³/mol. The van der Waals surface area contributed by atoms with Crippen molar-refractivity contribution in [2.75, 3.05) is 6.54 Å². The zero-order valence-electron chi connectivity index (χ0n) is 9.10. The van der Waals surface area contributed by atoms with Gasteiger partial charge in [0, 0.05) is 12.6 Å². The van der Waals surface area contributed by atoms with Gasteiger partial charge in [0.1, 0.15) is 0 Å². The highest BCUT2D eigenvalue weighted by molar-refractivity contribution is 5.91. The third kappa shape index (κ3) is 3.65. The Labute approximate surface area is 94.2 Å². The fraction of sp³-hybridized carbons (Fsp3) is 0.250. The maximum Gasteiger partial charge on any atom is 0.243 e. The lowest BCUT2D eigenvalue weighted by Crippen LogP contribution is -2.21. The van der Waals surface area contributed by atoms with Crippen molar-refractivity contribution < 1.29 is 15.0 Å². The fourth-order valence-electron chi connectivity index (χ4n) is 1.12. The number of nitrogens with one attached hydrogen (secondary N) is 1. The summed E-state index contributed by atoms with van der Waals surface area (Å²) in [7, 11) is 0. The molecular weight excluding hydrogens is 206 g/mol. The molecule has 3 N–H and O–H groups in total. The number of aromatic hydroxyl groups is 2. The molecule has 0 unspecified atom stereocenters. The Morgan fingerprint density at radius 3 is 2.75 bits per heavy atom. The van der Waals surface area contributed by atoms with E-state index in [1.54, 1.807) is 12.1 Å².